The standard InChI is InChI=1S/C17H24FN/c1-11-8-12(2)16(15(18)9-11)17(19)7-3-4-14(10-17)13-5-6-13/h8-9,13-14H,3-7,10,19H2,1-2H3. The lowest BCUT2D eigenvalue weighted by Gasteiger charge is -2.39. The van der Waals surface area contributed by atoms with Crippen molar-refractivity contribution in [2.75, 3.05) is 0 Å². The van der Waals surface area contributed by atoms with E-state index in [0.717, 1.165) is 47.8 Å². The summed E-state index contributed by atoms with van der Waals surface area (Å²) < 4.78 is 14.4. The highest BCUT2D eigenvalue weighted by Crippen LogP contribution is 2.49. The molecule has 0 aromatic heterocycles. The molecule has 2 saturated carbocycles. The van der Waals surface area contributed by atoms with Crippen molar-refractivity contribution in [3.63, 3.8) is 0 Å². The summed E-state index contributed by atoms with van der Waals surface area (Å²) in [5, 5.41) is 0. The van der Waals surface area contributed by atoms with Gasteiger partial charge in [-0.3, -0.25) is 0 Å². The molecule has 0 heterocycles. The summed E-state index contributed by atoms with van der Waals surface area (Å²) in [7, 11) is 0. The molecule has 19 heavy (non-hydrogen) atoms. The van der Waals surface area contributed by atoms with Crippen LogP contribution in [0.1, 0.15) is 55.2 Å². The van der Waals surface area contributed by atoms with E-state index in [1.807, 2.05) is 13.8 Å². The molecule has 0 bridgehead atoms. The molecule has 2 aliphatic rings. The lowest BCUT2D eigenvalue weighted by Crippen LogP contribution is -2.43. The Labute approximate surface area is 115 Å². The van der Waals surface area contributed by atoms with Gasteiger partial charge in [-0.25, -0.2) is 4.39 Å². The lowest BCUT2D eigenvalue weighted by atomic mass is 9.70. The summed E-state index contributed by atoms with van der Waals surface area (Å²) in [4.78, 5) is 0. The maximum absolute atomic E-state index is 14.4. The van der Waals surface area contributed by atoms with Crippen LogP contribution < -0.4 is 5.73 Å². The second-order valence-electron chi connectivity index (χ2n) is 6.79. The highest BCUT2D eigenvalue weighted by molar-refractivity contribution is 5.37. The van der Waals surface area contributed by atoms with Crippen LogP contribution in [0.15, 0.2) is 12.1 Å². The van der Waals surface area contributed by atoms with Gasteiger partial charge in [-0.05, 0) is 68.6 Å². The zero-order chi connectivity index (χ0) is 13.6. The van der Waals surface area contributed by atoms with Crippen molar-refractivity contribution in [1.29, 1.82) is 0 Å². The van der Waals surface area contributed by atoms with E-state index in [4.69, 9.17) is 5.73 Å². The van der Waals surface area contributed by atoms with E-state index in [0.29, 0.717) is 0 Å². The lowest BCUT2D eigenvalue weighted by molar-refractivity contribution is 0.201. The number of hydrogen-bond acceptors (Lipinski definition) is 1. The van der Waals surface area contributed by atoms with Crippen LogP contribution in [0.4, 0.5) is 4.39 Å². The van der Waals surface area contributed by atoms with Gasteiger partial charge in [-0.1, -0.05) is 18.9 Å². The summed E-state index contributed by atoms with van der Waals surface area (Å²) >= 11 is 0. The van der Waals surface area contributed by atoms with Crippen molar-refractivity contribution < 1.29 is 4.39 Å². The molecule has 2 N–H and O–H groups in total. The number of hydrogen-bond donors (Lipinski definition) is 1. The predicted molar refractivity (Wildman–Crippen MR) is 76.4 cm³/mol. The molecule has 0 radical (unpaired) electrons. The van der Waals surface area contributed by atoms with Gasteiger partial charge < -0.3 is 5.73 Å². The first-order valence-electron chi connectivity index (χ1n) is 7.56. The zero-order valence-corrected chi connectivity index (χ0v) is 12.0. The molecule has 104 valence electrons. The predicted octanol–water partition coefficient (Wildman–Crippen LogP) is 4.20. The van der Waals surface area contributed by atoms with Crippen molar-refractivity contribution in [3.05, 3.63) is 34.6 Å². The maximum Gasteiger partial charge on any atom is 0.128 e. The van der Waals surface area contributed by atoms with E-state index < -0.39 is 5.54 Å². The van der Waals surface area contributed by atoms with Crippen LogP contribution in [0.25, 0.3) is 0 Å². The Hall–Kier alpha value is -0.890. The van der Waals surface area contributed by atoms with E-state index >= 15 is 0 Å². The van der Waals surface area contributed by atoms with Gasteiger partial charge in [0.15, 0.2) is 0 Å². The third-order valence-electron chi connectivity index (χ3n) is 5.04. The maximum atomic E-state index is 14.4. The molecule has 2 fully saturated rings. The van der Waals surface area contributed by atoms with E-state index in [1.165, 1.54) is 19.3 Å². The second-order valence-corrected chi connectivity index (χ2v) is 6.79. The molecule has 1 nitrogen and oxygen atoms in total. The van der Waals surface area contributed by atoms with Crippen LogP contribution in [-0.4, -0.2) is 0 Å². The largest absolute Gasteiger partial charge is 0.321 e. The van der Waals surface area contributed by atoms with Crippen LogP contribution in [0.5, 0.6) is 0 Å². The third-order valence-corrected chi connectivity index (χ3v) is 5.04. The average Bonchev–Trinajstić information content (AvgIpc) is 3.10. The Kier molecular flexibility index (Phi) is 3.17. The van der Waals surface area contributed by atoms with Gasteiger partial charge in [0.05, 0.1) is 0 Å². The molecule has 1 aromatic carbocycles. The molecule has 0 spiro atoms. The van der Waals surface area contributed by atoms with Crippen molar-refractivity contribution >= 4 is 0 Å². The van der Waals surface area contributed by atoms with Crippen LogP contribution in [0.2, 0.25) is 0 Å². The van der Waals surface area contributed by atoms with Crippen LogP contribution in [0, 0.1) is 31.5 Å². The van der Waals surface area contributed by atoms with E-state index in [-0.39, 0.29) is 5.82 Å². The Morgan fingerprint density at radius 2 is 1.89 bits per heavy atom. The topological polar surface area (TPSA) is 26.0 Å². The summed E-state index contributed by atoms with van der Waals surface area (Å²) in [6.45, 7) is 3.94. The summed E-state index contributed by atoms with van der Waals surface area (Å²) in [6.07, 6.45) is 7.04. The van der Waals surface area contributed by atoms with Gasteiger partial charge >= 0.3 is 0 Å². The monoisotopic (exact) mass is 261 g/mol. The third kappa shape index (κ3) is 2.43. The van der Waals surface area contributed by atoms with Crippen molar-refractivity contribution in [2.24, 2.45) is 17.6 Å². The first kappa shape index (κ1) is 13.1. The minimum atomic E-state index is -0.437. The van der Waals surface area contributed by atoms with E-state index in [9.17, 15) is 4.39 Å². The molecular weight excluding hydrogens is 237 g/mol. The fraction of sp³-hybridized carbons (Fsp3) is 0.647. The molecule has 2 heteroatoms. The minimum Gasteiger partial charge on any atom is -0.321 e. The Morgan fingerprint density at radius 1 is 1.16 bits per heavy atom. The number of rotatable bonds is 2. The molecular formula is C17H24FN. The molecule has 3 rings (SSSR count). The molecule has 2 aliphatic carbocycles. The Morgan fingerprint density at radius 3 is 2.53 bits per heavy atom. The highest BCUT2D eigenvalue weighted by Gasteiger charge is 2.42. The van der Waals surface area contributed by atoms with Crippen LogP contribution >= 0.6 is 0 Å². The quantitative estimate of drug-likeness (QED) is 0.848. The van der Waals surface area contributed by atoms with Gasteiger partial charge in [0.25, 0.3) is 0 Å². The van der Waals surface area contributed by atoms with Crippen molar-refractivity contribution in [2.45, 2.75) is 57.9 Å². The second kappa shape index (κ2) is 4.59. The first-order chi connectivity index (χ1) is 8.99. The minimum absolute atomic E-state index is 0.101. The van der Waals surface area contributed by atoms with Crippen LogP contribution in [-0.2, 0) is 5.54 Å². The van der Waals surface area contributed by atoms with Crippen LogP contribution in [0.3, 0.4) is 0 Å². The molecule has 0 amide bonds. The smallest absolute Gasteiger partial charge is 0.128 e. The SMILES string of the molecule is Cc1cc(C)c(C2(N)CCCC(C3CC3)C2)c(F)c1. The number of nitrogens with two attached hydrogens (primary N) is 1. The van der Waals surface area contributed by atoms with Crippen molar-refractivity contribution in [1.82, 2.24) is 0 Å². The fourth-order valence-corrected chi connectivity index (χ4v) is 4.10. The zero-order valence-electron chi connectivity index (χ0n) is 12.0. The van der Waals surface area contributed by atoms with E-state index in [2.05, 4.69) is 6.07 Å². The van der Waals surface area contributed by atoms with Gasteiger partial charge in [-0.2, -0.15) is 0 Å². The van der Waals surface area contributed by atoms with Gasteiger partial charge in [0, 0.05) is 11.1 Å². The molecule has 0 saturated heterocycles. The molecule has 2 unspecified atom stereocenters. The summed E-state index contributed by atoms with van der Waals surface area (Å²) in [5.74, 6) is 1.49. The normalized spacial score (nSPS) is 31.5. The fourth-order valence-electron chi connectivity index (χ4n) is 4.10. The summed E-state index contributed by atoms with van der Waals surface area (Å²) in [5.41, 5.74) is 9.00. The first-order valence-corrected chi connectivity index (χ1v) is 7.56. The van der Waals surface area contributed by atoms with Gasteiger partial charge in [0.2, 0.25) is 0 Å². The average molecular weight is 261 g/mol. The number of halogens is 1. The van der Waals surface area contributed by atoms with Gasteiger partial charge in [-0.15, -0.1) is 0 Å². The van der Waals surface area contributed by atoms with Crippen molar-refractivity contribution in [3.8, 4) is 0 Å². The Balaban J connectivity index is 1.95. The molecule has 2 atom stereocenters. The summed E-state index contributed by atoms with van der Waals surface area (Å²) in [6, 6.07) is 3.70. The highest BCUT2D eigenvalue weighted by atomic mass is 19.1. The number of aryl methyl sites for hydroxylation is 2. The Bertz CT molecular complexity index is 469. The molecule has 1 aromatic rings. The number of benzene rings is 1. The van der Waals surface area contributed by atoms with Gasteiger partial charge in [0.1, 0.15) is 5.82 Å². The molecule has 0 aliphatic heterocycles. The van der Waals surface area contributed by atoms with E-state index in [1.54, 1.807) is 6.07 Å².